The number of amides is 1. The summed E-state index contributed by atoms with van der Waals surface area (Å²) in [7, 11) is 0. The fourth-order valence-electron chi connectivity index (χ4n) is 1.79. The average molecular weight is 267 g/mol. The third-order valence-corrected chi connectivity index (χ3v) is 2.94. The van der Waals surface area contributed by atoms with Gasteiger partial charge in [0.1, 0.15) is 17.9 Å². The highest BCUT2D eigenvalue weighted by atomic mass is 32.1. The van der Waals surface area contributed by atoms with Crippen molar-refractivity contribution in [3.8, 4) is 0 Å². The smallest absolute Gasteiger partial charge is 0.240 e. The molecule has 0 fully saturated rings. The van der Waals surface area contributed by atoms with Crippen molar-refractivity contribution >= 4 is 29.2 Å². The summed E-state index contributed by atoms with van der Waals surface area (Å²) in [5.74, 6) is -0.555. The van der Waals surface area contributed by atoms with E-state index in [0.29, 0.717) is 22.3 Å². The maximum atomic E-state index is 13.7. The third-order valence-electron chi connectivity index (χ3n) is 2.62. The molecule has 0 bridgehead atoms. The van der Waals surface area contributed by atoms with Gasteiger partial charge < -0.3 is 14.9 Å². The van der Waals surface area contributed by atoms with Crippen LogP contribution in [-0.4, -0.2) is 22.0 Å². The topological polar surface area (TPSA) is 49.8 Å². The van der Waals surface area contributed by atoms with Gasteiger partial charge in [0.15, 0.2) is 4.77 Å². The minimum atomic E-state index is -0.386. The molecule has 1 aromatic carbocycles. The summed E-state index contributed by atoms with van der Waals surface area (Å²) in [5, 5.41) is 2.74. The average Bonchev–Trinajstić information content (AvgIpc) is 2.65. The van der Waals surface area contributed by atoms with Crippen LogP contribution in [0.25, 0.3) is 11.0 Å². The Balaban J connectivity index is 2.36. The van der Waals surface area contributed by atoms with Gasteiger partial charge in [0, 0.05) is 6.54 Å². The number of nitrogens with one attached hydrogen (secondary N) is 2. The van der Waals surface area contributed by atoms with E-state index in [9.17, 15) is 9.18 Å². The van der Waals surface area contributed by atoms with Crippen LogP contribution in [0.3, 0.4) is 0 Å². The molecule has 2 N–H and O–H groups in total. The summed E-state index contributed by atoms with van der Waals surface area (Å²) in [6.07, 6.45) is 0.861. The van der Waals surface area contributed by atoms with Gasteiger partial charge in [0.25, 0.3) is 0 Å². The van der Waals surface area contributed by atoms with Crippen molar-refractivity contribution in [1.82, 2.24) is 14.9 Å². The summed E-state index contributed by atoms with van der Waals surface area (Å²) >= 11 is 5.10. The summed E-state index contributed by atoms with van der Waals surface area (Å²) in [5.41, 5.74) is 0.942. The molecular formula is C12H14FN3OS. The zero-order valence-corrected chi connectivity index (χ0v) is 10.8. The SMILES string of the molecule is CCCNC(=O)Cn1c(=S)[nH]c2cccc(F)c21. The lowest BCUT2D eigenvalue weighted by Gasteiger charge is -2.06. The third kappa shape index (κ3) is 2.43. The molecule has 0 unspecified atom stereocenters. The molecule has 0 saturated heterocycles. The van der Waals surface area contributed by atoms with Crippen molar-refractivity contribution in [3.63, 3.8) is 0 Å². The van der Waals surface area contributed by atoms with Gasteiger partial charge in [-0.15, -0.1) is 0 Å². The molecule has 0 saturated carbocycles. The van der Waals surface area contributed by atoms with E-state index in [1.165, 1.54) is 10.6 Å². The number of nitrogens with zero attached hydrogens (tertiary/aromatic N) is 1. The van der Waals surface area contributed by atoms with Crippen LogP contribution in [0, 0.1) is 10.6 Å². The largest absolute Gasteiger partial charge is 0.355 e. The van der Waals surface area contributed by atoms with E-state index in [4.69, 9.17) is 12.2 Å². The van der Waals surface area contributed by atoms with Gasteiger partial charge in [-0.3, -0.25) is 4.79 Å². The molecule has 2 aromatic rings. The van der Waals surface area contributed by atoms with E-state index in [2.05, 4.69) is 10.3 Å². The number of imidazole rings is 1. The standard InChI is InChI=1S/C12H14FN3OS/c1-2-6-14-10(17)7-16-11-8(13)4-3-5-9(11)15-12(16)18/h3-5H,2,6-7H2,1H3,(H,14,17)(H,15,18). The monoisotopic (exact) mass is 267 g/mol. The van der Waals surface area contributed by atoms with Crippen LogP contribution < -0.4 is 5.32 Å². The normalized spacial score (nSPS) is 10.8. The van der Waals surface area contributed by atoms with E-state index in [1.54, 1.807) is 12.1 Å². The number of rotatable bonds is 4. The second-order valence-electron chi connectivity index (χ2n) is 4.00. The van der Waals surface area contributed by atoms with Gasteiger partial charge in [-0.25, -0.2) is 4.39 Å². The van der Waals surface area contributed by atoms with Crippen LogP contribution in [0.2, 0.25) is 0 Å². The molecule has 0 aliphatic heterocycles. The van der Waals surface area contributed by atoms with Crippen molar-refractivity contribution in [2.75, 3.05) is 6.54 Å². The van der Waals surface area contributed by atoms with Gasteiger partial charge >= 0.3 is 0 Å². The highest BCUT2D eigenvalue weighted by Crippen LogP contribution is 2.17. The molecule has 96 valence electrons. The molecular weight excluding hydrogens is 253 g/mol. The molecule has 0 spiro atoms. The lowest BCUT2D eigenvalue weighted by atomic mass is 10.3. The Morgan fingerprint density at radius 2 is 2.33 bits per heavy atom. The fourth-order valence-corrected chi connectivity index (χ4v) is 2.06. The van der Waals surface area contributed by atoms with Gasteiger partial charge in [0.2, 0.25) is 5.91 Å². The Hall–Kier alpha value is -1.69. The molecule has 1 heterocycles. The predicted molar refractivity (Wildman–Crippen MR) is 70.4 cm³/mol. The molecule has 2 rings (SSSR count). The van der Waals surface area contributed by atoms with E-state index >= 15 is 0 Å². The molecule has 1 aromatic heterocycles. The van der Waals surface area contributed by atoms with Crippen LogP contribution in [0.15, 0.2) is 18.2 Å². The summed E-state index contributed by atoms with van der Waals surface area (Å²) in [6.45, 7) is 2.61. The lowest BCUT2D eigenvalue weighted by Crippen LogP contribution is -2.28. The van der Waals surface area contributed by atoms with Crippen molar-refractivity contribution in [3.05, 3.63) is 28.8 Å². The number of hydrogen-bond donors (Lipinski definition) is 2. The molecule has 0 aliphatic rings. The lowest BCUT2D eigenvalue weighted by molar-refractivity contribution is -0.121. The molecule has 1 amide bonds. The first kappa shape index (κ1) is 12.8. The van der Waals surface area contributed by atoms with E-state index in [-0.39, 0.29) is 18.3 Å². The van der Waals surface area contributed by atoms with Crippen LogP contribution in [-0.2, 0) is 11.3 Å². The first-order valence-corrected chi connectivity index (χ1v) is 6.18. The number of fused-ring (bicyclic) bond motifs is 1. The summed E-state index contributed by atoms with van der Waals surface area (Å²) in [4.78, 5) is 14.5. The number of benzene rings is 1. The number of aromatic nitrogens is 2. The summed E-state index contributed by atoms with van der Waals surface area (Å²) in [6, 6.07) is 4.69. The minimum absolute atomic E-state index is 0.0275. The molecule has 0 radical (unpaired) electrons. The van der Waals surface area contributed by atoms with Gasteiger partial charge in [-0.2, -0.15) is 0 Å². The number of hydrogen-bond acceptors (Lipinski definition) is 2. The predicted octanol–water partition coefficient (Wildman–Crippen LogP) is 2.36. The number of carbonyl (C=O) groups is 1. The maximum absolute atomic E-state index is 13.7. The fraction of sp³-hybridized carbons (Fsp3) is 0.333. The number of carbonyl (C=O) groups excluding carboxylic acids is 1. The van der Waals surface area contributed by atoms with Crippen molar-refractivity contribution < 1.29 is 9.18 Å². The van der Waals surface area contributed by atoms with Gasteiger partial charge in [0.05, 0.1) is 5.52 Å². The van der Waals surface area contributed by atoms with E-state index in [0.717, 1.165) is 6.42 Å². The van der Waals surface area contributed by atoms with E-state index < -0.39 is 0 Å². The van der Waals surface area contributed by atoms with Crippen LogP contribution >= 0.6 is 12.2 Å². The molecule has 4 nitrogen and oxygen atoms in total. The number of H-pyrrole nitrogens is 1. The van der Waals surface area contributed by atoms with Gasteiger partial charge in [-0.05, 0) is 30.8 Å². The van der Waals surface area contributed by atoms with Crippen molar-refractivity contribution in [2.24, 2.45) is 0 Å². The zero-order chi connectivity index (χ0) is 13.1. The second-order valence-corrected chi connectivity index (χ2v) is 4.39. The highest BCUT2D eigenvalue weighted by molar-refractivity contribution is 7.71. The Morgan fingerprint density at radius 3 is 3.06 bits per heavy atom. The Bertz CT molecular complexity index is 632. The van der Waals surface area contributed by atoms with E-state index in [1.807, 2.05) is 6.92 Å². The molecule has 18 heavy (non-hydrogen) atoms. The Labute approximate surface area is 109 Å². The summed E-state index contributed by atoms with van der Waals surface area (Å²) < 4.78 is 15.6. The number of para-hydroxylation sites is 1. The van der Waals surface area contributed by atoms with Crippen LogP contribution in [0.1, 0.15) is 13.3 Å². The maximum Gasteiger partial charge on any atom is 0.240 e. The molecule has 0 aliphatic carbocycles. The van der Waals surface area contributed by atoms with Crippen molar-refractivity contribution in [1.29, 1.82) is 0 Å². The van der Waals surface area contributed by atoms with Crippen LogP contribution in [0.5, 0.6) is 0 Å². The Kier molecular flexibility index (Phi) is 3.76. The second kappa shape index (κ2) is 5.30. The van der Waals surface area contributed by atoms with Crippen LogP contribution in [0.4, 0.5) is 4.39 Å². The zero-order valence-electron chi connectivity index (χ0n) is 10.00. The quantitative estimate of drug-likeness (QED) is 0.836. The minimum Gasteiger partial charge on any atom is -0.355 e. The van der Waals surface area contributed by atoms with Gasteiger partial charge in [-0.1, -0.05) is 13.0 Å². The first-order chi connectivity index (χ1) is 8.63. The molecule has 0 atom stereocenters. The number of halogens is 1. The number of aromatic amines is 1. The highest BCUT2D eigenvalue weighted by Gasteiger charge is 2.11. The van der Waals surface area contributed by atoms with Crippen molar-refractivity contribution in [2.45, 2.75) is 19.9 Å². The Morgan fingerprint density at radius 1 is 1.56 bits per heavy atom. The first-order valence-electron chi connectivity index (χ1n) is 5.77. The molecule has 6 heteroatoms.